The molecule has 3 rings (SSSR count). The van der Waals surface area contributed by atoms with Gasteiger partial charge in [-0.2, -0.15) is 0 Å². The number of unbranched alkanes of at least 4 members (excludes halogenated alkanes) is 1. The molecule has 1 aromatic carbocycles. The van der Waals surface area contributed by atoms with E-state index in [1.807, 2.05) is 0 Å². The lowest BCUT2D eigenvalue weighted by Gasteiger charge is -2.30. The SMILES string of the molecule is CC(C)[C@H](NC(=O)[C@H](Cc1cnc[nH]1)NC(=O)[C@@H]1CCCN1C(=O)[C@@H](N)CC(=O)O)C(=O)N[C@@H](Cc1ccccc1)C(=O)N[C@@H](CCCCN)C(=O)N[C@@H](CO)C(=O)O. The molecule has 59 heavy (non-hydrogen) atoms. The van der Waals surface area contributed by atoms with Gasteiger partial charge in [-0.05, 0) is 50.1 Å². The van der Waals surface area contributed by atoms with Crippen molar-refractivity contribution in [3.8, 4) is 0 Å². The minimum atomic E-state index is -1.63. The van der Waals surface area contributed by atoms with E-state index in [2.05, 4.69) is 36.6 Å². The maximum atomic E-state index is 14.1. The van der Waals surface area contributed by atoms with Crippen molar-refractivity contribution in [2.75, 3.05) is 19.7 Å². The average Bonchev–Trinajstić information content (AvgIpc) is 3.90. The van der Waals surface area contributed by atoms with Gasteiger partial charge < -0.3 is 63.3 Å². The van der Waals surface area contributed by atoms with Gasteiger partial charge in [-0.3, -0.25) is 33.6 Å². The number of nitrogens with two attached hydrogens (primary N) is 2. The Kier molecular flexibility index (Phi) is 18.9. The lowest BCUT2D eigenvalue weighted by molar-refractivity contribution is -0.144. The van der Waals surface area contributed by atoms with Gasteiger partial charge in [0.05, 0.1) is 25.4 Å². The molecule has 21 heteroatoms. The lowest BCUT2D eigenvalue weighted by Crippen LogP contribution is -2.61. The number of aliphatic carboxylic acids is 2. The zero-order valence-electron chi connectivity index (χ0n) is 33.1. The molecule has 2 aromatic rings. The van der Waals surface area contributed by atoms with E-state index in [0.717, 1.165) is 0 Å². The summed E-state index contributed by atoms with van der Waals surface area (Å²) in [7, 11) is 0. The number of carboxylic acids is 2. The summed E-state index contributed by atoms with van der Waals surface area (Å²) in [5.41, 5.74) is 12.5. The van der Waals surface area contributed by atoms with E-state index in [0.29, 0.717) is 37.1 Å². The van der Waals surface area contributed by atoms with Crippen LogP contribution in [0.2, 0.25) is 0 Å². The fourth-order valence-corrected chi connectivity index (χ4v) is 6.49. The predicted molar refractivity (Wildman–Crippen MR) is 210 cm³/mol. The van der Waals surface area contributed by atoms with Crippen molar-refractivity contribution < 1.29 is 53.7 Å². The van der Waals surface area contributed by atoms with Crippen molar-refractivity contribution in [3.05, 3.63) is 54.1 Å². The van der Waals surface area contributed by atoms with Crippen LogP contribution < -0.4 is 38.1 Å². The van der Waals surface area contributed by atoms with Crippen molar-refractivity contribution in [1.29, 1.82) is 0 Å². The van der Waals surface area contributed by atoms with Crippen molar-refractivity contribution in [1.82, 2.24) is 41.5 Å². The van der Waals surface area contributed by atoms with Crippen molar-refractivity contribution in [2.24, 2.45) is 17.4 Å². The van der Waals surface area contributed by atoms with Gasteiger partial charge in [0.1, 0.15) is 36.3 Å². The fourth-order valence-electron chi connectivity index (χ4n) is 6.49. The highest BCUT2D eigenvalue weighted by atomic mass is 16.4. The molecule has 6 amide bonds. The maximum absolute atomic E-state index is 14.1. The number of likely N-dealkylation sites (tertiary alicyclic amines) is 1. The molecule has 21 nitrogen and oxygen atoms in total. The van der Waals surface area contributed by atoms with Crippen LogP contribution in [0.5, 0.6) is 0 Å². The second kappa shape index (κ2) is 23.5. The number of nitrogens with zero attached hydrogens (tertiary/aromatic N) is 2. The molecule has 0 saturated carbocycles. The molecule has 1 aromatic heterocycles. The van der Waals surface area contributed by atoms with Gasteiger partial charge in [0.15, 0.2) is 0 Å². The smallest absolute Gasteiger partial charge is 0.328 e. The Morgan fingerprint density at radius 2 is 1.47 bits per heavy atom. The number of H-pyrrole nitrogens is 1. The molecule has 0 radical (unpaired) electrons. The van der Waals surface area contributed by atoms with Gasteiger partial charge >= 0.3 is 11.9 Å². The summed E-state index contributed by atoms with van der Waals surface area (Å²) in [4.78, 5) is 113. The molecule has 324 valence electrons. The number of carbonyl (C=O) groups excluding carboxylic acids is 6. The van der Waals surface area contributed by atoms with Crippen LogP contribution in [0.25, 0.3) is 0 Å². The van der Waals surface area contributed by atoms with Crippen LogP contribution in [0, 0.1) is 5.92 Å². The van der Waals surface area contributed by atoms with Gasteiger partial charge in [0, 0.05) is 31.3 Å². The standard InChI is InChI=1S/C38H56N10O11/c1-21(2)31(47-34(54)27(16-23-18-41-20-42-23)44-35(55)29-12-8-14-48(29)37(57)24(40)17-30(50)51)36(56)45-26(15-22-9-4-3-5-10-22)33(53)43-25(11-6-7-13-39)32(52)46-28(19-49)38(58)59/h3-5,9-10,18,20-21,24-29,31,49H,6-8,11-17,19,39-40H2,1-2H3,(H,41,42)(H,43,53)(H,44,55)(H,45,56)(H,46,52)(H,47,54)(H,50,51)(H,58,59)/t24-,25-,26-,27-,28-,29-,31-/m0/s1. The van der Waals surface area contributed by atoms with E-state index in [1.54, 1.807) is 44.2 Å². The van der Waals surface area contributed by atoms with E-state index >= 15 is 0 Å². The minimum Gasteiger partial charge on any atom is -0.481 e. The Balaban J connectivity index is 1.85. The van der Waals surface area contributed by atoms with E-state index in [1.165, 1.54) is 17.4 Å². The number of aromatic amines is 1. The molecule has 1 aliphatic heterocycles. The van der Waals surface area contributed by atoms with E-state index < -0.39 is 109 Å². The zero-order chi connectivity index (χ0) is 43.6. The monoisotopic (exact) mass is 828 g/mol. The topological polar surface area (TPSA) is 341 Å². The first-order valence-electron chi connectivity index (χ1n) is 19.4. The van der Waals surface area contributed by atoms with Crippen molar-refractivity contribution in [2.45, 2.75) is 108 Å². The molecule has 1 aliphatic rings. The zero-order valence-corrected chi connectivity index (χ0v) is 33.1. The number of carbonyl (C=O) groups is 8. The minimum absolute atomic E-state index is 0.0477. The van der Waals surface area contributed by atoms with Crippen LogP contribution in [0.1, 0.15) is 63.6 Å². The Hall–Kier alpha value is -5.93. The molecule has 2 heterocycles. The first-order valence-corrected chi connectivity index (χ1v) is 19.4. The van der Waals surface area contributed by atoms with Crippen LogP contribution in [0.15, 0.2) is 42.9 Å². The summed E-state index contributed by atoms with van der Waals surface area (Å²) in [6.07, 6.45) is 3.62. The maximum Gasteiger partial charge on any atom is 0.328 e. The molecular formula is C38H56N10O11. The number of imidazole rings is 1. The lowest BCUT2D eigenvalue weighted by atomic mass is 9.99. The molecule has 7 atom stereocenters. The first-order chi connectivity index (χ1) is 28.1. The number of hydrogen-bond donors (Lipinski definition) is 11. The van der Waals surface area contributed by atoms with Gasteiger partial charge in [0.2, 0.25) is 35.4 Å². The number of nitrogens with one attached hydrogen (secondary N) is 6. The molecule has 13 N–H and O–H groups in total. The van der Waals surface area contributed by atoms with Crippen LogP contribution in [0.3, 0.4) is 0 Å². The number of carboxylic acid groups (broad SMARTS) is 2. The molecular weight excluding hydrogens is 772 g/mol. The van der Waals surface area contributed by atoms with Crippen LogP contribution >= 0.6 is 0 Å². The van der Waals surface area contributed by atoms with Crippen molar-refractivity contribution in [3.63, 3.8) is 0 Å². The van der Waals surface area contributed by atoms with Crippen LogP contribution in [-0.2, 0) is 51.2 Å². The molecule has 1 saturated heterocycles. The number of aromatic nitrogens is 2. The highest BCUT2D eigenvalue weighted by Crippen LogP contribution is 2.20. The fraction of sp³-hybridized carbons (Fsp3) is 0.553. The van der Waals surface area contributed by atoms with Gasteiger partial charge in [0.25, 0.3) is 0 Å². The van der Waals surface area contributed by atoms with Crippen LogP contribution in [-0.4, -0.2) is 140 Å². The first kappa shape index (κ1) is 47.4. The molecule has 0 aliphatic carbocycles. The summed E-state index contributed by atoms with van der Waals surface area (Å²) in [5, 5.41) is 40.8. The Labute approximate surface area is 340 Å². The summed E-state index contributed by atoms with van der Waals surface area (Å²) in [6, 6.07) is -0.518. The number of benzene rings is 1. The summed E-state index contributed by atoms with van der Waals surface area (Å²) < 4.78 is 0. The quantitative estimate of drug-likeness (QED) is 0.0479. The van der Waals surface area contributed by atoms with Crippen molar-refractivity contribution >= 4 is 47.4 Å². The molecule has 1 fully saturated rings. The normalized spacial score (nSPS) is 16.8. The van der Waals surface area contributed by atoms with Crippen LogP contribution in [0.4, 0.5) is 0 Å². The van der Waals surface area contributed by atoms with Gasteiger partial charge in [-0.25, -0.2) is 9.78 Å². The number of amides is 6. The second-order valence-electron chi connectivity index (χ2n) is 14.6. The van der Waals surface area contributed by atoms with Gasteiger partial charge in [-0.15, -0.1) is 0 Å². The van der Waals surface area contributed by atoms with E-state index in [9.17, 15) is 48.6 Å². The largest absolute Gasteiger partial charge is 0.481 e. The Morgan fingerprint density at radius 1 is 0.847 bits per heavy atom. The number of rotatable bonds is 24. The average molecular weight is 829 g/mol. The molecule has 0 bridgehead atoms. The Morgan fingerprint density at radius 3 is 2.07 bits per heavy atom. The number of aliphatic hydroxyl groups is 1. The third-order valence-corrected chi connectivity index (χ3v) is 9.70. The molecule has 0 spiro atoms. The third kappa shape index (κ3) is 14.8. The van der Waals surface area contributed by atoms with Gasteiger partial charge in [-0.1, -0.05) is 44.2 Å². The molecule has 0 unspecified atom stereocenters. The van der Waals surface area contributed by atoms with E-state index in [4.69, 9.17) is 16.6 Å². The summed E-state index contributed by atoms with van der Waals surface area (Å²) in [5.74, 6) is -7.95. The van der Waals surface area contributed by atoms with E-state index in [-0.39, 0.29) is 32.2 Å². The summed E-state index contributed by atoms with van der Waals surface area (Å²) >= 11 is 0. The number of aliphatic hydroxyl groups excluding tert-OH is 1. The third-order valence-electron chi connectivity index (χ3n) is 9.70. The predicted octanol–water partition coefficient (Wildman–Crippen LogP) is -2.73. The Bertz CT molecular complexity index is 1740. The highest BCUT2D eigenvalue weighted by Gasteiger charge is 2.39. The number of hydrogen-bond acceptors (Lipinski definition) is 12. The second-order valence-corrected chi connectivity index (χ2v) is 14.6. The summed E-state index contributed by atoms with van der Waals surface area (Å²) in [6.45, 7) is 2.85. The highest BCUT2D eigenvalue weighted by molar-refractivity contribution is 5.97.